The summed E-state index contributed by atoms with van der Waals surface area (Å²) >= 11 is 0. The maximum absolute atomic E-state index is 13.7. The Kier molecular flexibility index (Phi) is 6.02. The summed E-state index contributed by atoms with van der Waals surface area (Å²) in [6, 6.07) is 6.04. The lowest BCUT2D eigenvalue weighted by atomic mass is 10.2. The van der Waals surface area contributed by atoms with Crippen LogP contribution in [0.5, 0.6) is 0 Å². The van der Waals surface area contributed by atoms with Crippen molar-refractivity contribution in [3.8, 4) is 0 Å². The lowest BCUT2D eigenvalue weighted by Crippen LogP contribution is -2.49. The second-order valence-corrected chi connectivity index (χ2v) is 10.5. The number of sulfone groups is 1. The number of nitrogens with zero attached hydrogens (tertiary/aromatic N) is 4. The van der Waals surface area contributed by atoms with E-state index in [0.29, 0.717) is 19.5 Å². The number of hydrogen-bond acceptors (Lipinski definition) is 6. The summed E-state index contributed by atoms with van der Waals surface area (Å²) in [6.45, 7) is 7.04. The van der Waals surface area contributed by atoms with E-state index in [1.807, 2.05) is 23.4 Å². The molecule has 0 bridgehead atoms. The van der Waals surface area contributed by atoms with Crippen molar-refractivity contribution in [3.05, 3.63) is 41.5 Å². The Morgan fingerprint density at radius 2 is 1.90 bits per heavy atom. The van der Waals surface area contributed by atoms with Gasteiger partial charge in [-0.3, -0.25) is 14.4 Å². The number of halogens is 1. The third-order valence-corrected chi connectivity index (χ3v) is 7.80. The number of benzene rings is 1. The Bertz CT molecular complexity index is 1080. The number of anilines is 2. The molecule has 2 saturated heterocycles. The lowest BCUT2D eigenvalue weighted by Gasteiger charge is -2.36. The van der Waals surface area contributed by atoms with E-state index in [0.717, 1.165) is 30.2 Å². The Balaban J connectivity index is 1.36. The molecule has 3 heterocycles. The van der Waals surface area contributed by atoms with Crippen molar-refractivity contribution in [1.82, 2.24) is 14.7 Å². The molecule has 1 aromatic carbocycles. The van der Waals surface area contributed by atoms with Gasteiger partial charge in [-0.1, -0.05) is 12.1 Å². The molecule has 1 unspecified atom stereocenters. The fourth-order valence-electron chi connectivity index (χ4n) is 4.52. The molecule has 2 aliphatic heterocycles. The summed E-state index contributed by atoms with van der Waals surface area (Å²) < 4.78 is 39.3. The zero-order valence-electron chi connectivity index (χ0n) is 17.8. The summed E-state index contributed by atoms with van der Waals surface area (Å²) in [5.41, 5.74) is 3.14. The monoisotopic (exact) mass is 449 g/mol. The van der Waals surface area contributed by atoms with Gasteiger partial charge in [-0.2, -0.15) is 5.10 Å². The fourth-order valence-corrected chi connectivity index (χ4v) is 6.21. The highest BCUT2D eigenvalue weighted by Crippen LogP contribution is 2.31. The van der Waals surface area contributed by atoms with E-state index in [1.165, 1.54) is 6.07 Å². The van der Waals surface area contributed by atoms with Crippen molar-refractivity contribution in [2.24, 2.45) is 0 Å². The fraction of sp³-hybridized carbons (Fsp3) is 0.524. The van der Waals surface area contributed by atoms with Crippen molar-refractivity contribution < 1.29 is 17.6 Å². The molecule has 4 rings (SSSR count). The highest BCUT2D eigenvalue weighted by molar-refractivity contribution is 7.91. The van der Waals surface area contributed by atoms with Crippen LogP contribution in [-0.2, 0) is 14.6 Å². The molecule has 2 fully saturated rings. The summed E-state index contributed by atoms with van der Waals surface area (Å²) in [7, 11) is -2.98. The Labute approximate surface area is 181 Å². The minimum Gasteiger partial charge on any atom is -0.366 e. The quantitative estimate of drug-likeness (QED) is 0.749. The predicted molar refractivity (Wildman–Crippen MR) is 118 cm³/mol. The third-order valence-electron chi connectivity index (χ3n) is 6.04. The van der Waals surface area contributed by atoms with E-state index in [2.05, 4.69) is 15.3 Å². The number of nitrogens with one attached hydrogen (secondary N) is 1. The van der Waals surface area contributed by atoms with Gasteiger partial charge in [0.05, 0.1) is 46.9 Å². The van der Waals surface area contributed by atoms with Crippen LogP contribution in [0, 0.1) is 19.7 Å². The highest BCUT2D eigenvalue weighted by Gasteiger charge is 2.32. The average Bonchev–Trinajstić information content (AvgIpc) is 3.22. The van der Waals surface area contributed by atoms with Crippen LogP contribution < -0.4 is 10.2 Å². The van der Waals surface area contributed by atoms with Crippen LogP contribution in [0.2, 0.25) is 0 Å². The largest absolute Gasteiger partial charge is 0.366 e. The molecule has 0 radical (unpaired) electrons. The van der Waals surface area contributed by atoms with Gasteiger partial charge in [-0.05, 0) is 32.4 Å². The Morgan fingerprint density at radius 3 is 2.55 bits per heavy atom. The second-order valence-electron chi connectivity index (χ2n) is 8.31. The van der Waals surface area contributed by atoms with Crippen molar-refractivity contribution >= 4 is 27.1 Å². The summed E-state index contributed by atoms with van der Waals surface area (Å²) in [6.07, 6.45) is 0.606. The van der Waals surface area contributed by atoms with Crippen molar-refractivity contribution in [2.75, 3.05) is 54.4 Å². The van der Waals surface area contributed by atoms with Gasteiger partial charge < -0.3 is 10.2 Å². The average molecular weight is 450 g/mol. The first-order valence-corrected chi connectivity index (χ1v) is 12.3. The van der Waals surface area contributed by atoms with Crippen LogP contribution in [0.1, 0.15) is 23.9 Å². The number of piperazine rings is 1. The van der Waals surface area contributed by atoms with Gasteiger partial charge in [0.15, 0.2) is 9.84 Å². The molecule has 8 nitrogen and oxygen atoms in total. The molecule has 2 aliphatic rings. The number of amides is 1. The first-order valence-electron chi connectivity index (χ1n) is 10.5. The number of carbonyl (C=O) groups excluding carboxylic acids is 1. The van der Waals surface area contributed by atoms with Gasteiger partial charge >= 0.3 is 0 Å². The Morgan fingerprint density at radius 1 is 1.19 bits per heavy atom. The molecule has 31 heavy (non-hydrogen) atoms. The molecular formula is C21H28FN5O3S. The minimum atomic E-state index is -2.98. The summed E-state index contributed by atoms with van der Waals surface area (Å²) in [5, 5.41) is 7.28. The van der Waals surface area contributed by atoms with Crippen LogP contribution in [0.15, 0.2) is 24.3 Å². The highest BCUT2D eigenvalue weighted by atomic mass is 32.2. The number of rotatable bonds is 5. The molecule has 168 valence electrons. The van der Waals surface area contributed by atoms with Crippen LogP contribution in [0.25, 0.3) is 0 Å². The standard InChI is InChI=1S/C21H28FN5O3S/c1-15-21(16(2)27(24-15)17-7-12-31(29,30)14-17)26-10-8-25(9-11-26)13-20(28)23-19-6-4-3-5-18(19)22/h3-6,17H,7-14H2,1-2H3,(H,23,28). The van der Waals surface area contributed by atoms with Crippen molar-refractivity contribution in [2.45, 2.75) is 26.3 Å². The predicted octanol–water partition coefficient (Wildman–Crippen LogP) is 1.76. The molecule has 2 aromatic rings. The molecule has 1 aromatic heterocycles. The summed E-state index contributed by atoms with van der Waals surface area (Å²) in [5.74, 6) is -0.307. The zero-order valence-corrected chi connectivity index (χ0v) is 18.7. The molecule has 1 atom stereocenters. The number of carbonyl (C=O) groups is 1. The molecule has 1 N–H and O–H groups in total. The molecule has 0 saturated carbocycles. The van der Waals surface area contributed by atoms with E-state index in [4.69, 9.17) is 0 Å². The van der Waals surface area contributed by atoms with Gasteiger partial charge in [-0.15, -0.1) is 0 Å². The van der Waals surface area contributed by atoms with Crippen LogP contribution in [0.4, 0.5) is 15.8 Å². The number of hydrogen-bond donors (Lipinski definition) is 1. The SMILES string of the molecule is Cc1nn(C2CCS(=O)(=O)C2)c(C)c1N1CCN(CC(=O)Nc2ccccc2F)CC1. The van der Waals surface area contributed by atoms with E-state index in [9.17, 15) is 17.6 Å². The smallest absolute Gasteiger partial charge is 0.238 e. The maximum atomic E-state index is 13.7. The number of aromatic nitrogens is 2. The molecule has 10 heteroatoms. The first-order chi connectivity index (χ1) is 14.7. The second kappa shape index (κ2) is 8.58. The van der Waals surface area contributed by atoms with Gasteiger partial charge in [-0.25, -0.2) is 12.8 Å². The van der Waals surface area contributed by atoms with E-state index in [1.54, 1.807) is 18.2 Å². The molecule has 1 amide bonds. The maximum Gasteiger partial charge on any atom is 0.238 e. The number of aryl methyl sites for hydroxylation is 1. The van der Waals surface area contributed by atoms with Crippen LogP contribution >= 0.6 is 0 Å². The topological polar surface area (TPSA) is 87.5 Å². The van der Waals surface area contributed by atoms with Crippen molar-refractivity contribution in [3.63, 3.8) is 0 Å². The van der Waals surface area contributed by atoms with E-state index in [-0.39, 0.29) is 35.7 Å². The van der Waals surface area contributed by atoms with Crippen LogP contribution in [0.3, 0.4) is 0 Å². The van der Waals surface area contributed by atoms with Gasteiger partial charge in [0.2, 0.25) is 5.91 Å². The first kappa shape index (κ1) is 21.8. The van der Waals surface area contributed by atoms with E-state index >= 15 is 0 Å². The Hall–Kier alpha value is -2.46. The zero-order chi connectivity index (χ0) is 22.2. The normalized spacial score (nSPS) is 21.4. The lowest BCUT2D eigenvalue weighted by molar-refractivity contribution is -0.117. The third kappa shape index (κ3) is 4.74. The molecule has 0 aliphatic carbocycles. The van der Waals surface area contributed by atoms with Gasteiger partial charge in [0.25, 0.3) is 0 Å². The van der Waals surface area contributed by atoms with Crippen molar-refractivity contribution in [1.29, 1.82) is 0 Å². The van der Waals surface area contributed by atoms with Gasteiger partial charge in [0, 0.05) is 26.2 Å². The number of para-hydroxylation sites is 1. The van der Waals surface area contributed by atoms with E-state index < -0.39 is 15.7 Å². The van der Waals surface area contributed by atoms with Crippen LogP contribution in [-0.4, -0.2) is 73.2 Å². The summed E-state index contributed by atoms with van der Waals surface area (Å²) in [4.78, 5) is 16.6. The van der Waals surface area contributed by atoms with Gasteiger partial charge in [0.1, 0.15) is 5.82 Å². The molecule has 0 spiro atoms. The molecular weight excluding hydrogens is 421 g/mol. The minimum absolute atomic E-state index is 0.0965.